The lowest BCUT2D eigenvalue weighted by molar-refractivity contribution is -0.137. The maximum absolute atomic E-state index is 13.1. The van der Waals surface area contributed by atoms with Crippen molar-refractivity contribution in [2.24, 2.45) is 0 Å². The molecule has 2 aromatic carbocycles. The molecule has 3 aromatic rings. The Kier molecular flexibility index (Phi) is 8.38. The van der Waals surface area contributed by atoms with E-state index in [0.29, 0.717) is 27.2 Å². The molecule has 1 aromatic heterocycles. The van der Waals surface area contributed by atoms with Gasteiger partial charge in [0, 0.05) is 35.3 Å². The molecule has 1 saturated heterocycles. The number of carbonyl (C=O) groups is 2. The lowest BCUT2D eigenvalue weighted by Crippen LogP contribution is -2.29. The van der Waals surface area contributed by atoms with E-state index in [1.165, 1.54) is 11.8 Å². The number of carboxylic acids is 1. The summed E-state index contributed by atoms with van der Waals surface area (Å²) in [7, 11) is 0. The Balaban J connectivity index is 1.54. The molecular formula is C26H24ClN3O3S2. The minimum atomic E-state index is -0.777. The Morgan fingerprint density at radius 1 is 1.06 bits per heavy atom. The molecule has 180 valence electrons. The number of hydrogen-bond acceptors (Lipinski definition) is 5. The maximum atomic E-state index is 13.1. The predicted octanol–water partition coefficient (Wildman–Crippen LogP) is 6.43. The van der Waals surface area contributed by atoms with E-state index in [4.69, 9.17) is 34.0 Å². The van der Waals surface area contributed by atoms with Crippen LogP contribution in [0.5, 0.6) is 0 Å². The van der Waals surface area contributed by atoms with Gasteiger partial charge in [-0.25, -0.2) is 4.68 Å². The van der Waals surface area contributed by atoms with Crippen molar-refractivity contribution >= 4 is 57.9 Å². The average Bonchev–Trinajstić information content (AvgIpc) is 3.38. The Morgan fingerprint density at radius 3 is 2.49 bits per heavy atom. The third-order valence-electron chi connectivity index (χ3n) is 5.56. The number of hydrogen-bond donors (Lipinski definition) is 1. The van der Waals surface area contributed by atoms with Crippen LogP contribution in [-0.4, -0.2) is 42.5 Å². The van der Waals surface area contributed by atoms with E-state index in [9.17, 15) is 9.59 Å². The number of carbonyl (C=O) groups excluding carboxylic acids is 1. The summed E-state index contributed by atoms with van der Waals surface area (Å²) in [6.07, 6.45) is 7.04. The first kappa shape index (κ1) is 25.2. The van der Waals surface area contributed by atoms with Crippen molar-refractivity contribution in [1.29, 1.82) is 0 Å². The molecule has 1 amide bonds. The van der Waals surface area contributed by atoms with Crippen LogP contribution < -0.4 is 0 Å². The van der Waals surface area contributed by atoms with E-state index in [0.717, 1.165) is 41.8 Å². The van der Waals surface area contributed by atoms with Gasteiger partial charge in [0.1, 0.15) is 4.32 Å². The number of aromatic nitrogens is 2. The van der Waals surface area contributed by atoms with E-state index in [2.05, 4.69) is 0 Å². The predicted molar refractivity (Wildman–Crippen MR) is 145 cm³/mol. The van der Waals surface area contributed by atoms with Crippen LogP contribution in [0.25, 0.3) is 23.0 Å². The molecule has 0 unspecified atom stereocenters. The van der Waals surface area contributed by atoms with Gasteiger partial charge in [-0.15, -0.1) is 0 Å². The molecule has 35 heavy (non-hydrogen) atoms. The van der Waals surface area contributed by atoms with Crippen LogP contribution in [0.1, 0.15) is 37.7 Å². The molecule has 1 aliphatic rings. The van der Waals surface area contributed by atoms with Crippen LogP contribution in [-0.2, 0) is 9.59 Å². The molecule has 6 nitrogen and oxygen atoms in total. The van der Waals surface area contributed by atoms with E-state index in [1.54, 1.807) is 9.58 Å². The summed E-state index contributed by atoms with van der Waals surface area (Å²) in [5.74, 6) is -0.888. The quantitative estimate of drug-likeness (QED) is 0.187. The lowest BCUT2D eigenvalue weighted by Gasteiger charge is -2.13. The number of aliphatic carboxylic acids is 1. The van der Waals surface area contributed by atoms with Crippen LogP contribution in [0, 0.1) is 0 Å². The Morgan fingerprint density at radius 2 is 1.77 bits per heavy atom. The Bertz CT molecular complexity index is 1260. The van der Waals surface area contributed by atoms with Crippen molar-refractivity contribution in [2.75, 3.05) is 6.54 Å². The smallest absolute Gasteiger partial charge is 0.303 e. The van der Waals surface area contributed by atoms with Gasteiger partial charge in [0.15, 0.2) is 0 Å². The standard InChI is InChI=1S/C26H24ClN3O3S2/c27-20-13-11-18(12-14-20)24-19(17-30(28-24)21-8-4-3-5-9-21)16-22-25(33)29(26(34)35-22)15-7-2-1-6-10-23(31)32/h3-5,8-9,11-14,16-17H,1-2,6-7,10,15H2,(H,31,32)/b22-16+. The van der Waals surface area contributed by atoms with Crippen LogP contribution in [0.15, 0.2) is 65.7 Å². The third-order valence-corrected chi connectivity index (χ3v) is 7.19. The van der Waals surface area contributed by atoms with Gasteiger partial charge in [-0.2, -0.15) is 5.10 Å². The van der Waals surface area contributed by atoms with Gasteiger partial charge in [-0.3, -0.25) is 14.5 Å². The highest BCUT2D eigenvalue weighted by Gasteiger charge is 2.32. The van der Waals surface area contributed by atoms with Gasteiger partial charge < -0.3 is 5.11 Å². The fraction of sp³-hybridized carbons (Fsp3) is 0.231. The Labute approximate surface area is 218 Å². The molecule has 4 rings (SSSR count). The second kappa shape index (κ2) is 11.7. The maximum Gasteiger partial charge on any atom is 0.303 e. The number of halogens is 1. The van der Waals surface area contributed by atoms with E-state index < -0.39 is 5.97 Å². The molecule has 0 spiro atoms. The molecule has 1 fully saturated rings. The SMILES string of the molecule is O=C(O)CCCCCCN1C(=O)/C(=C\c2cn(-c3ccccc3)nc2-c2ccc(Cl)cc2)SC1=S. The Hall–Kier alpha value is -2.94. The van der Waals surface area contributed by atoms with Crippen LogP contribution >= 0.6 is 35.6 Å². The molecule has 0 aliphatic carbocycles. The van der Waals surface area contributed by atoms with E-state index >= 15 is 0 Å². The van der Waals surface area contributed by atoms with Crippen molar-refractivity contribution in [3.05, 3.63) is 76.3 Å². The number of nitrogens with zero attached hydrogens (tertiary/aromatic N) is 3. The number of para-hydroxylation sites is 1. The molecule has 2 heterocycles. The van der Waals surface area contributed by atoms with Crippen molar-refractivity contribution in [2.45, 2.75) is 32.1 Å². The number of carboxylic acid groups (broad SMARTS) is 1. The van der Waals surface area contributed by atoms with Crippen molar-refractivity contribution in [1.82, 2.24) is 14.7 Å². The van der Waals surface area contributed by atoms with Crippen LogP contribution in [0.4, 0.5) is 0 Å². The lowest BCUT2D eigenvalue weighted by atomic mass is 10.1. The second-order valence-electron chi connectivity index (χ2n) is 8.11. The van der Waals surface area contributed by atoms with Gasteiger partial charge in [0.2, 0.25) is 0 Å². The van der Waals surface area contributed by atoms with E-state index in [-0.39, 0.29) is 12.3 Å². The second-order valence-corrected chi connectivity index (χ2v) is 10.2. The molecule has 0 bridgehead atoms. The number of rotatable bonds is 10. The fourth-order valence-electron chi connectivity index (χ4n) is 3.77. The highest BCUT2D eigenvalue weighted by molar-refractivity contribution is 8.26. The molecule has 0 saturated carbocycles. The summed E-state index contributed by atoms with van der Waals surface area (Å²) in [4.78, 5) is 26.0. The molecule has 1 aliphatic heterocycles. The summed E-state index contributed by atoms with van der Waals surface area (Å²) < 4.78 is 2.34. The molecule has 1 N–H and O–H groups in total. The minimum Gasteiger partial charge on any atom is -0.481 e. The largest absolute Gasteiger partial charge is 0.481 e. The zero-order valence-electron chi connectivity index (χ0n) is 18.9. The molecule has 9 heteroatoms. The van der Waals surface area contributed by atoms with Gasteiger partial charge in [0.05, 0.1) is 16.3 Å². The summed E-state index contributed by atoms with van der Waals surface area (Å²) in [5, 5.41) is 14.2. The third kappa shape index (κ3) is 6.39. The van der Waals surface area contributed by atoms with Crippen molar-refractivity contribution < 1.29 is 14.7 Å². The van der Waals surface area contributed by atoms with E-state index in [1.807, 2.05) is 66.9 Å². The first-order valence-corrected chi connectivity index (χ1v) is 12.9. The minimum absolute atomic E-state index is 0.111. The van der Waals surface area contributed by atoms with Gasteiger partial charge in [0.25, 0.3) is 5.91 Å². The summed E-state index contributed by atoms with van der Waals surface area (Å²) >= 11 is 12.9. The van der Waals surface area contributed by atoms with Gasteiger partial charge in [-0.1, -0.05) is 78.8 Å². The number of amides is 1. The first-order chi connectivity index (χ1) is 16.9. The first-order valence-electron chi connectivity index (χ1n) is 11.3. The van der Waals surface area contributed by atoms with Gasteiger partial charge >= 0.3 is 5.97 Å². The zero-order valence-corrected chi connectivity index (χ0v) is 21.3. The van der Waals surface area contributed by atoms with Crippen molar-refractivity contribution in [3.8, 4) is 16.9 Å². The summed E-state index contributed by atoms with van der Waals surface area (Å²) in [5.41, 5.74) is 3.37. The molecular weight excluding hydrogens is 502 g/mol. The summed E-state index contributed by atoms with van der Waals surface area (Å²) in [6.45, 7) is 0.530. The molecule has 0 atom stereocenters. The topological polar surface area (TPSA) is 75.4 Å². The number of thioether (sulfide) groups is 1. The van der Waals surface area contributed by atoms with Crippen LogP contribution in [0.3, 0.4) is 0 Å². The summed E-state index contributed by atoms with van der Waals surface area (Å²) in [6, 6.07) is 17.2. The zero-order chi connectivity index (χ0) is 24.8. The highest BCUT2D eigenvalue weighted by atomic mass is 35.5. The van der Waals surface area contributed by atoms with Gasteiger partial charge in [-0.05, 0) is 43.2 Å². The average molecular weight is 526 g/mol. The number of benzene rings is 2. The number of thiocarbonyl (C=S) groups is 1. The highest BCUT2D eigenvalue weighted by Crippen LogP contribution is 2.35. The number of unbranched alkanes of at least 4 members (excludes halogenated alkanes) is 3. The monoisotopic (exact) mass is 525 g/mol. The molecule has 0 radical (unpaired) electrons. The van der Waals surface area contributed by atoms with Crippen molar-refractivity contribution in [3.63, 3.8) is 0 Å². The normalized spacial score (nSPS) is 14.8. The fourth-order valence-corrected chi connectivity index (χ4v) is 5.20. The van der Waals surface area contributed by atoms with Crippen LogP contribution in [0.2, 0.25) is 5.02 Å².